The van der Waals surface area contributed by atoms with Crippen molar-refractivity contribution < 1.29 is 9.53 Å². The molecular weight excluding hydrogens is 310 g/mol. The zero-order chi connectivity index (χ0) is 17.7. The highest BCUT2D eigenvalue weighted by atomic mass is 16.6. The number of H-pyrrole nitrogens is 2. The van der Waals surface area contributed by atoms with Crippen LogP contribution in [0, 0.1) is 11.8 Å². The van der Waals surface area contributed by atoms with Gasteiger partial charge in [0.2, 0.25) is 0 Å². The van der Waals surface area contributed by atoms with Crippen molar-refractivity contribution in [3.8, 4) is 11.8 Å². The standard InChI is InChI=1S/C17H19N3O4/c1-17(2,3)24-16(23)18-9-5-4-6-11-7-8-13-12(10-11)14(21)20-15(22)19-13/h7-8,10H,5,9H2,1-3H3,(H,18,23)(H2,19,20,21,22). The third-order valence-electron chi connectivity index (χ3n) is 2.89. The fraction of sp³-hybridized carbons (Fsp3) is 0.353. The lowest BCUT2D eigenvalue weighted by atomic mass is 10.1. The van der Waals surface area contributed by atoms with Crippen LogP contribution in [-0.2, 0) is 4.74 Å². The highest BCUT2D eigenvalue weighted by Gasteiger charge is 2.15. The first kappa shape index (κ1) is 17.3. The topological polar surface area (TPSA) is 104 Å². The number of amides is 1. The second-order valence-electron chi connectivity index (χ2n) is 6.15. The molecule has 0 atom stereocenters. The summed E-state index contributed by atoms with van der Waals surface area (Å²) in [5.41, 5.74) is -0.420. The Balaban J connectivity index is 1.97. The van der Waals surface area contributed by atoms with Crippen LogP contribution in [0.5, 0.6) is 0 Å². The molecular formula is C17H19N3O4. The van der Waals surface area contributed by atoms with Gasteiger partial charge in [0.15, 0.2) is 0 Å². The number of rotatable bonds is 2. The van der Waals surface area contributed by atoms with Gasteiger partial charge in [0, 0.05) is 18.5 Å². The Hall–Kier alpha value is -3.01. The summed E-state index contributed by atoms with van der Waals surface area (Å²) < 4.78 is 5.11. The number of hydrogen-bond donors (Lipinski definition) is 3. The smallest absolute Gasteiger partial charge is 0.407 e. The van der Waals surface area contributed by atoms with Crippen LogP contribution in [0.4, 0.5) is 4.79 Å². The van der Waals surface area contributed by atoms with Gasteiger partial charge >= 0.3 is 11.8 Å². The molecule has 0 aliphatic heterocycles. The molecule has 0 saturated carbocycles. The van der Waals surface area contributed by atoms with Gasteiger partial charge in [0.1, 0.15) is 5.60 Å². The van der Waals surface area contributed by atoms with Crippen molar-refractivity contribution >= 4 is 17.0 Å². The van der Waals surface area contributed by atoms with Crippen molar-refractivity contribution in [2.45, 2.75) is 32.8 Å². The van der Waals surface area contributed by atoms with Gasteiger partial charge in [0.05, 0.1) is 10.9 Å². The van der Waals surface area contributed by atoms with Crippen LogP contribution >= 0.6 is 0 Å². The lowest BCUT2D eigenvalue weighted by Crippen LogP contribution is -2.32. The summed E-state index contributed by atoms with van der Waals surface area (Å²) in [6, 6.07) is 4.96. The lowest BCUT2D eigenvalue weighted by molar-refractivity contribution is 0.0529. The third-order valence-corrected chi connectivity index (χ3v) is 2.89. The van der Waals surface area contributed by atoms with Crippen molar-refractivity contribution in [3.05, 3.63) is 44.6 Å². The van der Waals surface area contributed by atoms with E-state index in [-0.39, 0.29) is 0 Å². The zero-order valence-electron chi connectivity index (χ0n) is 13.8. The molecule has 0 saturated heterocycles. The molecule has 1 amide bonds. The van der Waals surface area contributed by atoms with E-state index in [1.165, 1.54) is 0 Å². The van der Waals surface area contributed by atoms with Gasteiger partial charge in [-0.25, -0.2) is 9.59 Å². The summed E-state index contributed by atoms with van der Waals surface area (Å²) in [5.74, 6) is 5.82. The molecule has 0 spiro atoms. The lowest BCUT2D eigenvalue weighted by Gasteiger charge is -2.19. The van der Waals surface area contributed by atoms with Gasteiger partial charge in [-0.05, 0) is 39.0 Å². The zero-order valence-corrected chi connectivity index (χ0v) is 13.8. The number of aromatic amines is 2. The molecule has 1 heterocycles. The Kier molecular flexibility index (Phi) is 5.09. The Morgan fingerprint density at radius 1 is 1.25 bits per heavy atom. The molecule has 126 valence electrons. The van der Waals surface area contributed by atoms with Gasteiger partial charge in [-0.2, -0.15) is 0 Å². The maximum atomic E-state index is 11.7. The number of fused-ring (bicyclic) bond motifs is 1. The van der Waals surface area contributed by atoms with Crippen molar-refractivity contribution in [2.24, 2.45) is 0 Å². The summed E-state index contributed by atoms with van der Waals surface area (Å²) >= 11 is 0. The number of aromatic nitrogens is 2. The summed E-state index contributed by atoms with van der Waals surface area (Å²) in [6.07, 6.45) is -0.0373. The Morgan fingerprint density at radius 3 is 2.71 bits per heavy atom. The Morgan fingerprint density at radius 2 is 2.00 bits per heavy atom. The first-order valence-electron chi connectivity index (χ1n) is 7.47. The highest BCUT2D eigenvalue weighted by molar-refractivity contribution is 5.78. The van der Waals surface area contributed by atoms with E-state index in [4.69, 9.17) is 4.74 Å². The number of carbonyl (C=O) groups is 1. The minimum Gasteiger partial charge on any atom is -0.444 e. The predicted octanol–water partition coefficient (Wildman–Crippen LogP) is 1.48. The molecule has 0 unspecified atom stereocenters. The molecule has 1 aromatic carbocycles. The number of carbonyl (C=O) groups excluding carboxylic acids is 1. The van der Waals surface area contributed by atoms with Crippen LogP contribution in [0.25, 0.3) is 10.9 Å². The van der Waals surface area contributed by atoms with E-state index in [0.717, 1.165) is 0 Å². The molecule has 7 heteroatoms. The highest BCUT2D eigenvalue weighted by Crippen LogP contribution is 2.08. The molecule has 3 N–H and O–H groups in total. The molecule has 1 aromatic heterocycles. The second-order valence-corrected chi connectivity index (χ2v) is 6.15. The van der Waals surface area contributed by atoms with E-state index in [1.807, 2.05) is 0 Å². The van der Waals surface area contributed by atoms with E-state index >= 15 is 0 Å². The molecule has 24 heavy (non-hydrogen) atoms. The van der Waals surface area contributed by atoms with Crippen LogP contribution in [-0.4, -0.2) is 28.2 Å². The van der Waals surface area contributed by atoms with Gasteiger partial charge in [-0.15, -0.1) is 0 Å². The molecule has 2 rings (SSSR count). The summed E-state index contributed by atoms with van der Waals surface area (Å²) in [6.45, 7) is 5.74. The monoisotopic (exact) mass is 329 g/mol. The van der Waals surface area contributed by atoms with Gasteiger partial charge in [0.25, 0.3) is 5.56 Å². The van der Waals surface area contributed by atoms with Crippen LogP contribution in [0.2, 0.25) is 0 Å². The quantitative estimate of drug-likeness (QED) is 0.573. The van der Waals surface area contributed by atoms with Crippen molar-refractivity contribution in [1.82, 2.24) is 15.3 Å². The molecule has 0 aliphatic carbocycles. The van der Waals surface area contributed by atoms with Gasteiger partial charge in [-0.3, -0.25) is 9.78 Å². The second kappa shape index (κ2) is 7.04. The van der Waals surface area contributed by atoms with Crippen molar-refractivity contribution in [2.75, 3.05) is 6.54 Å². The molecule has 0 fully saturated rings. The molecule has 0 radical (unpaired) electrons. The van der Waals surface area contributed by atoms with E-state index in [9.17, 15) is 14.4 Å². The maximum Gasteiger partial charge on any atom is 0.407 e. The number of alkyl carbamates (subject to hydrolysis) is 1. The van der Waals surface area contributed by atoms with Crippen molar-refractivity contribution in [3.63, 3.8) is 0 Å². The van der Waals surface area contributed by atoms with E-state index in [1.54, 1.807) is 39.0 Å². The fourth-order valence-electron chi connectivity index (χ4n) is 1.95. The normalized spacial score (nSPS) is 10.8. The number of ether oxygens (including phenoxy) is 1. The van der Waals surface area contributed by atoms with E-state index in [2.05, 4.69) is 27.1 Å². The summed E-state index contributed by atoms with van der Waals surface area (Å²) in [4.78, 5) is 39.1. The predicted molar refractivity (Wildman–Crippen MR) is 90.9 cm³/mol. The minimum atomic E-state index is -0.542. The number of benzene rings is 1. The van der Waals surface area contributed by atoms with Crippen LogP contribution in [0.3, 0.4) is 0 Å². The number of hydrogen-bond acceptors (Lipinski definition) is 4. The molecule has 0 aliphatic rings. The first-order valence-corrected chi connectivity index (χ1v) is 7.47. The number of nitrogens with one attached hydrogen (secondary N) is 3. The SMILES string of the molecule is CC(C)(C)OC(=O)NCCC#Cc1ccc2[nH]c(=O)[nH]c(=O)c2c1. The fourth-order valence-corrected chi connectivity index (χ4v) is 1.95. The van der Waals surface area contributed by atoms with Crippen molar-refractivity contribution in [1.29, 1.82) is 0 Å². The molecule has 0 bridgehead atoms. The summed E-state index contributed by atoms with van der Waals surface area (Å²) in [5, 5.41) is 2.98. The average Bonchev–Trinajstić information content (AvgIpc) is 2.45. The molecule has 7 nitrogen and oxygen atoms in total. The van der Waals surface area contributed by atoms with Gasteiger partial charge < -0.3 is 15.0 Å². The maximum absolute atomic E-state index is 11.7. The first-order chi connectivity index (χ1) is 11.2. The van der Waals surface area contributed by atoms with E-state index in [0.29, 0.717) is 29.4 Å². The molecule has 2 aromatic rings. The van der Waals surface area contributed by atoms with E-state index < -0.39 is 22.9 Å². The average molecular weight is 329 g/mol. The third kappa shape index (κ3) is 5.02. The van der Waals surface area contributed by atoms with Gasteiger partial charge in [-0.1, -0.05) is 11.8 Å². The largest absolute Gasteiger partial charge is 0.444 e. The minimum absolute atomic E-state index is 0.364. The Bertz CT molecular complexity index is 923. The van der Waals surface area contributed by atoms with Crippen LogP contribution in [0.15, 0.2) is 27.8 Å². The summed E-state index contributed by atoms with van der Waals surface area (Å²) in [7, 11) is 0. The van der Waals surface area contributed by atoms with Crippen LogP contribution < -0.4 is 16.6 Å². The Labute approximate surface area is 138 Å². The van der Waals surface area contributed by atoms with Crippen LogP contribution in [0.1, 0.15) is 32.8 Å².